The lowest BCUT2D eigenvalue weighted by Crippen LogP contribution is -2.27. The van der Waals surface area contributed by atoms with Crippen molar-refractivity contribution in [3.05, 3.63) is 35.8 Å². The van der Waals surface area contributed by atoms with Gasteiger partial charge in [0, 0.05) is 29.7 Å². The average molecular weight is 366 g/mol. The van der Waals surface area contributed by atoms with Gasteiger partial charge in [-0.2, -0.15) is 0 Å². The van der Waals surface area contributed by atoms with Crippen molar-refractivity contribution in [1.82, 2.24) is 10.3 Å². The lowest BCUT2D eigenvalue weighted by atomic mass is 10.1. The van der Waals surface area contributed by atoms with Gasteiger partial charge in [0.1, 0.15) is 0 Å². The minimum Gasteiger partial charge on any atom is -0.326 e. The zero-order chi connectivity index (χ0) is 17.0. The van der Waals surface area contributed by atoms with E-state index in [1.807, 2.05) is 0 Å². The number of nitrogens with zero attached hydrogens (tertiary/aromatic N) is 1. The Balaban J connectivity index is 1.68. The maximum absolute atomic E-state index is 12.3. The van der Waals surface area contributed by atoms with Crippen LogP contribution in [-0.2, 0) is 14.8 Å². The van der Waals surface area contributed by atoms with Crippen LogP contribution < -0.4 is 15.4 Å². The van der Waals surface area contributed by atoms with Gasteiger partial charge in [-0.25, -0.2) is 13.4 Å². The molecule has 2 aromatic rings. The Morgan fingerprint density at radius 3 is 3.00 bits per heavy atom. The van der Waals surface area contributed by atoms with Gasteiger partial charge >= 0.3 is 0 Å². The molecule has 24 heavy (non-hydrogen) atoms. The first-order chi connectivity index (χ1) is 11.5. The van der Waals surface area contributed by atoms with Gasteiger partial charge in [-0.1, -0.05) is 6.07 Å². The number of hydrogen-bond donors (Lipinski definition) is 3. The first-order valence-corrected chi connectivity index (χ1v) is 9.95. The van der Waals surface area contributed by atoms with Crippen molar-refractivity contribution in [3.63, 3.8) is 0 Å². The lowest BCUT2D eigenvalue weighted by molar-refractivity contribution is -0.116. The minimum atomic E-state index is -3.73. The Kier molecular flexibility index (Phi) is 5.12. The number of sulfonamides is 1. The molecule has 3 N–H and O–H groups in total. The second kappa shape index (κ2) is 7.29. The molecule has 1 fully saturated rings. The second-order valence-electron chi connectivity index (χ2n) is 5.52. The first kappa shape index (κ1) is 16.9. The number of anilines is 2. The number of hydrogen-bond acceptors (Lipinski definition) is 6. The summed E-state index contributed by atoms with van der Waals surface area (Å²) in [6.45, 7) is 0.939. The fraction of sp³-hybridized carbons (Fsp3) is 0.333. The van der Waals surface area contributed by atoms with Crippen LogP contribution >= 0.6 is 11.3 Å². The van der Waals surface area contributed by atoms with Crippen molar-refractivity contribution in [2.75, 3.05) is 16.6 Å². The second-order valence-corrected chi connectivity index (χ2v) is 8.09. The molecular weight excluding hydrogens is 348 g/mol. The van der Waals surface area contributed by atoms with Gasteiger partial charge in [0.05, 0.1) is 4.90 Å². The molecule has 1 aromatic carbocycles. The molecule has 2 heterocycles. The number of carbonyl (C=O) groups excluding carboxylic acids is 1. The van der Waals surface area contributed by atoms with E-state index in [1.165, 1.54) is 29.7 Å². The van der Waals surface area contributed by atoms with Crippen LogP contribution in [-0.4, -0.2) is 31.9 Å². The third-order valence-corrected chi connectivity index (χ3v) is 5.83. The van der Waals surface area contributed by atoms with E-state index in [0.29, 0.717) is 17.2 Å². The highest BCUT2D eigenvalue weighted by molar-refractivity contribution is 7.93. The van der Waals surface area contributed by atoms with Gasteiger partial charge < -0.3 is 10.6 Å². The quantitative estimate of drug-likeness (QED) is 0.726. The predicted octanol–water partition coefficient (Wildman–Crippen LogP) is 2.02. The highest BCUT2D eigenvalue weighted by Gasteiger charge is 2.19. The van der Waals surface area contributed by atoms with Crippen LogP contribution in [0.3, 0.4) is 0 Å². The van der Waals surface area contributed by atoms with Crippen molar-refractivity contribution in [1.29, 1.82) is 0 Å². The molecule has 0 spiro atoms. The average Bonchev–Trinajstić information content (AvgIpc) is 3.21. The van der Waals surface area contributed by atoms with Crippen molar-refractivity contribution in [3.8, 4) is 0 Å². The summed E-state index contributed by atoms with van der Waals surface area (Å²) in [5.41, 5.74) is 0.458. The lowest BCUT2D eigenvalue weighted by Gasteiger charge is -2.11. The molecule has 0 radical (unpaired) electrons. The van der Waals surface area contributed by atoms with E-state index in [1.54, 1.807) is 17.5 Å². The van der Waals surface area contributed by atoms with E-state index in [0.717, 1.165) is 19.4 Å². The van der Waals surface area contributed by atoms with Crippen LogP contribution in [0.4, 0.5) is 10.8 Å². The van der Waals surface area contributed by atoms with Crippen molar-refractivity contribution >= 4 is 38.1 Å². The highest BCUT2D eigenvalue weighted by atomic mass is 32.2. The maximum atomic E-state index is 12.3. The van der Waals surface area contributed by atoms with Gasteiger partial charge in [-0.05, 0) is 37.6 Å². The summed E-state index contributed by atoms with van der Waals surface area (Å²) in [6, 6.07) is 6.38. The SMILES string of the molecule is O=C(CC1CCCN1)Nc1cccc(S(=O)(=O)Nc2nccs2)c1. The number of nitrogens with one attached hydrogen (secondary N) is 3. The number of carbonyl (C=O) groups is 1. The summed E-state index contributed by atoms with van der Waals surface area (Å²) >= 11 is 1.20. The van der Waals surface area contributed by atoms with E-state index in [4.69, 9.17) is 0 Å². The molecule has 1 saturated heterocycles. The van der Waals surface area contributed by atoms with Crippen molar-refractivity contribution < 1.29 is 13.2 Å². The maximum Gasteiger partial charge on any atom is 0.263 e. The molecule has 0 aliphatic carbocycles. The summed E-state index contributed by atoms with van der Waals surface area (Å²) in [7, 11) is -3.73. The topological polar surface area (TPSA) is 100 Å². The van der Waals surface area contributed by atoms with Crippen LogP contribution in [0, 0.1) is 0 Å². The molecule has 7 nitrogen and oxygen atoms in total. The van der Waals surface area contributed by atoms with E-state index in [-0.39, 0.29) is 16.8 Å². The summed E-state index contributed by atoms with van der Waals surface area (Å²) in [5, 5.41) is 8.01. The molecule has 1 aliphatic rings. The molecule has 1 aliphatic heterocycles. The monoisotopic (exact) mass is 366 g/mol. The van der Waals surface area contributed by atoms with Crippen molar-refractivity contribution in [2.24, 2.45) is 0 Å². The number of rotatable bonds is 6. The van der Waals surface area contributed by atoms with E-state index in [2.05, 4.69) is 20.3 Å². The Hall–Kier alpha value is -1.97. The minimum absolute atomic E-state index is 0.0782. The molecule has 1 atom stereocenters. The molecule has 1 aromatic heterocycles. The largest absolute Gasteiger partial charge is 0.326 e. The molecular formula is C15H18N4O3S2. The molecule has 1 unspecified atom stereocenters. The zero-order valence-electron chi connectivity index (χ0n) is 12.9. The fourth-order valence-corrected chi connectivity index (χ4v) is 4.39. The fourth-order valence-electron chi connectivity index (χ4n) is 2.56. The molecule has 0 saturated carbocycles. The summed E-state index contributed by atoms with van der Waals surface area (Å²) in [6.07, 6.45) is 3.97. The van der Waals surface area contributed by atoms with Crippen molar-refractivity contribution in [2.45, 2.75) is 30.2 Å². The summed E-state index contributed by atoms with van der Waals surface area (Å²) < 4.78 is 27.1. The Morgan fingerprint density at radius 1 is 1.42 bits per heavy atom. The van der Waals surface area contributed by atoms with Gasteiger partial charge in [0.2, 0.25) is 5.91 Å². The number of benzene rings is 1. The third kappa shape index (κ3) is 4.31. The van der Waals surface area contributed by atoms with E-state index >= 15 is 0 Å². The van der Waals surface area contributed by atoms with Gasteiger partial charge in [-0.15, -0.1) is 11.3 Å². The predicted molar refractivity (Wildman–Crippen MR) is 93.6 cm³/mol. The Bertz CT molecular complexity index is 800. The summed E-state index contributed by atoms with van der Waals surface area (Å²) in [4.78, 5) is 16.0. The zero-order valence-corrected chi connectivity index (χ0v) is 14.5. The van der Waals surface area contributed by atoms with Crippen LogP contribution in [0.5, 0.6) is 0 Å². The van der Waals surface area contributed by atoms with Gasteiger partial charge in [-0.3, -0.25) is 9.52 Å². The highest BCUT2D eigenvalue weighted by Crippen LogP contribution is 2.21. The molecule has 0 bridgehead atoms. The van der Waals surface area contributed by atoms with E-state index in [9.17, 15) is 13.2 Å². The van der Waals surface area contributed by atoms with Crippen LogP contribution in [0.2, 0.25) is 0 Å². The standard InChI is InChI=1S/C15H18N4O3S2/c20-14(10-11-4-2-6-16-11)18-12-3-1-5-13(9-12)24(21,22)19-15-17-7-8-23-15/h1,3,5,7-9,11,16H,2,4,6,10H2,(H,17,19)(H,18,20). The van der Waals surface area contributed by atoms with Crippen LogP contribution in [0.1, 0.15) is 19.3 Å². The van der Waals surface area contributed by atoms with Crippen LogP contribution in [0.15, 0.2) is 40.7 Å². The van der Waals surface area contributed by atoms with Gasteiger partial charge in [0.15, 0.2) is 5.13 Å². The molecule has 9 heteroatoms. The first-order valence-electron chi connectivity index (χ1n) is 7.58. The van der Waals surface area contributed by atoms with Gasteiger partial charge in [0.25, 0.3) is 10.0 Å². The number of aromatic nitrogens is 1. The molecule has 3 rings (SSSR count). The Morgan fingerprint density at radius 2 is 2.29 bits per heavy atom. The summed E-state index contributed by atoms with van der Waals surface area (Å²) in [5.74, 6) is -0.128. The van der Waals surface area contributed by atoms with Crippen LogP contribution in [0.25, 0.3) is 0 Å². The smallest absolute Gasteiger partial charge is 0.263 e. The Labute approximate surface area is 144 Å². The number of thiazole rings is 1. The molecule has 1 amide bonds. The third-order valence-electron chi connectivity index (χ3n) is 3.68. The number of amides is 1. The van der Waals surface area contributed by atoms with E-state index < -0.39 is 10.0 Å². The molecule has 128 valence electrons. The normalized spacial score (nSPS) is 17.6.